The first-order valence-corrected chi connectivity index (χ1v) is 10.9. The number of benzene rings is 1. The van der Waals surface area contributed by atoms with E-state index in [1.54, 1.807) is 0 Å². The Labute approximate surface area is 181 Å². The van der Waals surface area contributed by atoms with Crippen LogP contribution in [0.25, 0.3) is 11.6 Å². The molecule has 0 saturated carbocycles. The molecule has 3 aliphatic rings. The summed E-state index contributed by atoms with van der Waals surface area (Å²) in [6, 6.07) is 4.77. The maximum Gasteiger partial charge on any atom is 0.0771 e. The summed E-state index contributed by atoms with van der Waals surface area (Å²) in [6.07, 6.45) is 16.3. The first kappa shape index (κ1) is 20.4. The van der Waals surface area contributed by atoms with Gasteiger partial charge in [-0.2, -0.15) is 0 Å². The van der Waals surface area contributed by atoms with Gasteiger partial charge in [0.05, 0.1) is 6.54 Å². The minimum absolute atomic E-state index is 0.534. The zero-order chi connectivity index (χ0) is 21.3. The number of allylic oxidation sites excluding steroid dienone is 10. The van der Waals surface area contributed by atoms with E-state index in [4.69, 9.17) is 0 Å². The number of hydrogen-bond acceptors (Lipinski definition) is 1. The molecule has 0 amide bonds. The summed E-state index contributed by atoms with van der Waals surface area (Å²) in [5, 5.41) is 0. The van der Waals surface area contributed by atoms with E-state index in [9.17, 15) is 0 Å². The molecule has 0 radical (unpaired) electrons. The van der Waals surface area contributed by atoms with Crippen molar-refractivity contribution in [2.75, 3.05) is 6.54 Å². The summed E-state index contributed by atoms with van der Waals surface area (Å²) in [5.74, 6) is 0.534. The van der Waals surface area contributed by atoms with Gasteiger partial charge in [0, 0.05) is 18.6 Å². The quantitative estimate of drug-likeness (QED) is 0.357. The van der Waals surface area contributed by atoms with Gasteiger partial charge in [-0.1, -0.05) is 61.6 Å². The van der Waals surface area contributed by atoms with Crippen molar-refractivity contribution in [2.45, 2.75) is 47.0 Å². The Bertz CT molecular complexity index is 1120. The van der Waals surface area contributed by atoms with Crippen molar-refractivity contribution in [1.82, 2.24) is 0 Å². The maximum absolute atomic E-state index is 4.43. The summed E-state index contributed by atoms with van der Waals surface area (Å²) >= 11 is 0. The molecular formula is C29H31N. The van der Waals surface area contributed by atoms with E-state index >= 15 is 0 Å². The molecule has 1 heterocycles. The van der Waals surface area contributed by atoms with E-state index in [0.29, 0.717) is 5.92 Å². The molecule has 1 atom stereocenters. The fourth-order valence-electron chi connectivity index (χ4n) is 4.19. The summed E-state index contributed by atoms with van der Waals surface area (Å²) in [7, 11) is 0. The third-order valence-corrected chi connectivity index (χ3v) is 5.87. The van der Waals surface area contributed by atoms with Crippen LogP contribution >= 0.6 is 0 Å². The Kier molecular flexibility index (Phi) is 5.75. The second kappa shape index (κ2) is 8.46. The van der Waals surface area contributed by atoms with Crippen molar-refractivity contribution in [2.24, 2.45) is 10.9 Å². The van der Waals surface area contributed by atoms with Gasteiger partial charge in [0.25, 0.3) is 0 Å². The molecule has 1 aromatic rings. The zero-order valence-corrected chi connectivity index (χ0v) is 18.7. The second-order valence-electron chi connectivity index (χ2n) is 9.05. The average Bonchev–Trinajstić information content (AvgIpc) is 3.51. The van der Waals surface area contributed by atoms with Crippen molar-refractivity contribution >= 4 is 17.4 Å². The molecule has 0 fully saturated rings. The van der Waals surface area contributed by atoms with Crippen LogP contribution in [0.15, 0.2) is 82.1 Å². The van der Waals surface area contributed by atoms with Crippen LogP contribution in [0.4, 0.5) is 0 Å². The summed E-state index contributed by atoms with van der Waals surface area (Å²) in [5.41, 5.74) is 16.4. The van der Waals surface area contributed by atoms with E-state index in [1.165, 1.54) is 50.3 Å². The first-order chi connectivity index (χ1) is 14.4. The molecule has 0 aromatic heterocycles. The third kappa shape index (κ3) is 4.64. The molecule has 0 N–H and O–H groups in total. The lowest BCUT2D eigenvalue weighted by molar-refractivity contribution is 0.736. The summed E-state index contributed by atoms with van der Waals surface area (Å²) in [6.45, 7) is 14.0. The van der Waals surface area contributed by atoms with Gasteiger partial charge in [0.1, 0.15) is 0 Å². The van der Waals surface area contributed by atoms with Crippen LogP contribution in [0.1, 0.15) is 56.4 Å². The summed E-state index contributed by atoms with van der Waals surface area (Å²) < 4.78 is 0. The van der Waals surface area contributed by atoms with E-state index in [2.05, 4.69) is 93.6 Å². The molecule has 1 aliphatic heterocycles. The second-order valence-corrected chi connectivity index (χ2v) is 9.05. The molecule has 1 unspecified atom stereocenters. The highest BCUT2D eigenvalue weighted by Gasteiger charge is 2.21. The van der Waals surface area contributed by atoms with Crippen LogP contribution in [0.2, 0.25) is 0 Å². The number of aliphatic imine (C=N–C) groups is 1. The van der Waals surface area contributed by atoms with Gasteiger partial charge >= 0.3 is 0 Å². The lowest BCUT2D eigenvalue weighted by Gasteiger charge is -2.23. The molecule has 1 aromatic carbocycles. The van der Waals surface area contributed by atoms with Gasteiger partial charge in [0.15, 0.2) is 0 Å². The van der Waals surface area contributed by atoms with E-state index < -0.39 is 0 Å². The molecule has 1 nitrogen and oxygen atoms in total. The molecule has 0 saturated heterocycles. The summed E-state index contributed by atoms with van der Waals surface area (Å²) in [4.78, 5) is 4.43. The Morgan fingerprint density at radius 3 is 2.83 bits per heavy atom. The molecule has 152 valence electrons. The lowest BCUT2D eigenvalue weighted by atomic mass is 9.81. The van der Waals surface area contributed by atoms with Crippen molar-refractivity contribution < 1.29 is 0 Å². The Morgan fingerprint density at radius 1 is 1.30 bits per heavy atom. The van der Waals surface area contributed by atoms with Gasteiger partial charge in [0.2, 0.25) is 0 Å². The molecule has 1 heteroatoms. The Hall–Kier alpha value is -2.89. The van der Waals surface area contributed by atoms with E-state index in [-0.39, 0.29) is 0 Å². The molecule has 0 bridgehead atoms. The van der Waals surface area contributed by atoms with Gasteiger partial charge in [-0.3, -0.25) is 4.99 Å². The van der Waals surface area contributed by atoms with Crippen LogP contribution in [-0.4, -0.2) is 12.3 Å². The minimum Gasteiger partial charge on any atom is -0.286 e. The maximum atomic E-state index is 4.43. The highest BCUT2D eigenvalue weighted by Crippen LogP contribution is 2.38. The monoisotopic (exact) mass is 393 g/mol. The largest absolute Gasteiger partial charge is 0.286 e. The Morgan fingerprint density at radius 2 is 2.10 bits per heavy atom. The predicted molar refractivity (Wildman–Crippen MR) is 131 cm³/mol. The highest BCUT2D eigenvalue weighted by molar-refractivity contribution is 5.99. The van der Waals surface area contributed by atoms with Gasteiger partial charge in [-0.25, -0.2) is 0 Å². The number of nitrogens with zero attached hydrogens (tertiary/aromatic N) is 1. The number of fused-ring (bicyclic) bond motifs is 1. The number of hydrogen-bond donors (Lipinski definition) is 0. The van der Waals surface area contributed by atoms with Crippen molar-refractivity contribution in [3.8, 4) is 0 Å². The van der Waals surface area contributed by atoms with Crippen molar-refractivity contribution in [3.63, 3.8) is 0 Å². The first-order valence-electron chi connectivity index (χ1n) is 10.9. The van der Waals surface area contributed by atoms with Crippen LogP contribution in [0, 0.1) is 5.92 Å². The molecular weight excluding hydrogens is 362 g/mol. The molecule has 4 rings (SSSR count). The van der Waals surface area contributed by atoms with E-state index in [0.717, 1.165) is 31.4 Å². The number of rotatable bonds is 6. The SMILES string of the molecule is C=C(/C=C\C=C(C)C)C1=CCC(C)C=C1c1cc2c(c(CC3=NC3)c1)C=C=C(C)C2. The van der Waals surface area contributed by atoms with Gasteiger partial charge in [-0.15, -0.1) is 5.73 Å². The fraction of sp³-hybridized carbons (Fsp3) is 0.310. The fourth-order valence-corrected chi connectivity index (χ4v) is 4.19. The highest BCUT2D eigenvalue weighted by atomic mass is 14.9. The van der Waals surface area contributed by atoms with Crippen molar-refractivity contribution in [1.29, 1.82) is 0 Å². The van der Waals surface area contributed by atoms with Crippen LogP contribution in [-0.2, 0) is 12.8 Å². The van der Waals surface area contributed by atoms with Crippen LogP contribution in [0.3, 0.4) is 0 Å². The molecule has 30 heavy (non-hydrogen) atoms. The van der Waals surface area contributed by atoms with Crippen molar-refractivity contribution in [3.05, 3.63) is 99.4 Å². The van der Waals surface area contributed by atoms with Crippen LogP contribution < -0.4 is 0 Å². The standard InChI is InChI=1S/C29H31N/c1-19(2)7-6-8-22(5)27-11-9-21(4)14-29(27)24-15-23-13-20(3)10-12-28(23)25(16-24)17-26-18-30-26/h6-8,11-12,14-16,21H,5,9,13,17-18H2,1-4H3/b8-6-. The minimum atomic E-state index is 0.534. The third-order valence-electron chi connectivity index (χ3n) is 5.87. The molecule has 0 spiro atoms. The average molecular weight is 394 g/mol. The zero-order valence-electron chi connectivity index (χ0n) is 18.7. The van der Waals surface area contributed by atoms with E-state index in [1.807, 2.05) is 0 Å². The normalized spacial score (nSPS) is 19.5. The Balaban J connectivity index is 1.75. The van der Waals surface area contributed by atoms with Gasteiger partial charge in [-0.05, 0) is 83.7 Å². The smallest absolute Gasteiger partial charge is 0.0771 e. The molecule has 2 aliphatic carbocycles. The van der Waals surface area contributed by atoms with Gasteiger partial charge < -0.3 is 0 Å². The topological polar surface area (TPSA) is 12.4 Å². The van der Waals surface area contributed by atoms with Crippen LogP contribution in [0.5, 0.6) is 0 Å². The lowest BCUT2D eigenvalue weighted by Crippen LogP contribution is -2.07. The predicted octanol–water partition coefficient (Wildman–Crippen LogP) is 7.23.